The lowest BCUT2D eigenvalue weighted by Gasteiger charge is -2.06. The molecule has 2 rings (SSSR count). The lowest BCUT2D eigenvalue weighted by Crippen LogP contribution is -2.07. The molecule has 2 aromatic rings. The van der Waals surface area contributed by atoms with Crippen molar-refractivity contribution in [2.75, 3.05) is 11.9 Å². The van der Waals surface area contributed by atoms with Crippen molar-refractivity contribution in [3.63, 3.8) is 0 Å². The van der Waals surface area contributed by atoms with E-state index in [1.54, 1.807) is 6.07 Å². The third-order valence-electron chi connectivity index (χ3n) is 2.32. The van der Waals surface area contributed by atoms with Crippen LogP contribution in [-0.4, -0.2) is 16.5 Å². The number of anilines is 1. The summed E-state index contributed by atoms with van der Waals surface area (Å²) in [4.78, 5) is 7.21. The summed E-state index contributed by atoms with van der Waals surface area (Å²) in [6, 6.07) is 7.58. The van der Waals surface area contributed by atoms with Gasteiger partial charge in [-0.15, -0.1) is 0 Å². The minimum absolute atomic E-state index is 0.463. The molecule has 86 valence electrons. The van der Waals surface area contributed by atoms with Gasteiger partial charge in [-0.2, -0.15) is 5.26 Å². The first-order valence-electron chi connectivity index (χ1n) is 5.21. The number of hydrogen-bond donors (Lipinski definition) is 2. The molecule has 0 saturated carbocycles. The zero-order valence-electron chi connectivity index (χ0n) is 9.07. The van der Waals surface area contributed by atoms with Gasteiger partial charge in [0, 0.05) is 31.1 Å². The summed E-state index contributed by atoms with van der Waals surface area (Å²) in [5.74, 6) is 0.609. The molecule has 2 N–H and O–H groups in total. The summed E-state index contributed by atoms with van der Waals surface area (Å²) in [6.07, 6.45) is 4.26. The third kappa shape index (κ3) is 2.99. The third-order valence-corrected chi connectivity index (χ3v) is 2.61. The largest absolute Gasteiger partial charge is 0.368 e. The number of rotatable bonds is 4. The van der Waals surface area contributed by atoms with E-state index in [1.165, 1.54) is 6.20 Å². The lowest BCUT2D eigenvalue weighted by atomic mass is 10.3. The summed E-state index contributed by atoms with van der Waals surface area (Å²) < 4.78 is 0. The van der Waals surface area contributed by atoms with Crippen LogP contribution in [0.3, 0.4) is 0 Å². The average Bonchev–Trinajstić information content (AvgIpc) is 2.84. The Kier molecular flexibility index (Phi) is 3.63. The highest BCUT2D eigenvalue weighted by Crippen LogP contribution is 2.19. The van der Waals surface area contributed by atoms with Gasteiger partial charge in [-0.25, -0.2) is 4.98 Å². The molecule has 2 aromatic heterocycles. The summed E-state index contributed by atoms with van der Waals surface area (Å²) in [5, 5.41) is 12.3. The number of aromatic nitrogens is 2. The predicted octanol–water partition coefficient (Wildman–Crippen LogP) is 2.59. The number of nitriles is 1. The molecule has 0 aliphatic carbocycles. The topological polar surface area (TPSA) is 64.5 Å². The van der Waals surface area contributed by atoms with Gasteiger partial charge in [-0.05, 0) is 18.2 Å². The van der Waals surface area contributed by atoms with Crippen LogP contribution in [0.2, 0.25) is 5.02 Å². The van der Waals surface area contributed by atoms with E-state index < -0.39 is 0 Å². The van der Waals surface area contributed by atoms with Crippen molar-refractivity contribution < 1.29 is 0 Å². The smallest absolute Gasteiger partial charge is 0.144 e. The number of nitrogens with zero attached hydrogens (tertiary/aromatic N) is 2. The van der Waals surface area contributed by atoms with Crippen LogP contribution in [-0.2, 0) is 6.42 Å². The van der Waals surface area contributed by atoms with Gasteiger partial charge < -0.3 is 10.3 Å². The summed E-state index contributed by atoms with van der Waals surface area (Å²) in [7, 11) is 0. The Balaban J connectivity index is 1.93. The number of hydrogen-bond acceptors (Lipinski definition) is 3. The van der Waals surface area contributed by atoms with Gasteiger partial charge in [0.2, 0.25) is 0 Å². The molecule has 0 amide bonds. The second-order valence-corrected chi connectivity index (χ2v) is 3.95. The maximum absolute atomic E-state index is 8.68. The molecule has 0 bridgehead atoms. The molecule has 0 radical (unpaired) electrons. The van der Waals surface area contributed by atoms with Gasteiger partial charge in [0.05, 0.1) is 10.6 Å². The van der Waals surface area contributed by atoms with E-state index in [1.807, 2.05) is 24.4 Å². The minimum atomic E-state index is 0.463. The second-order valence-electron chi connectivity index (χ2n) is 3.54. The lowest BCUT2D eigenvalue weighted by molar-refractivity contribution is 0.968. The van der Waals surface area contributed by atoms with Crippen LogP contribution in [0, 0.1) is 11.3 Å². The van der Waals surface area contributed by atoms with Crippen molar-refractivity contribution >= 4 is 17.4 Å². The Morgan fingerprint density at radius 3 is 3.06 bits per heavy atom. The Morgan fingerprint density at radius 1 is 1.53 bits per heavy atom. The maximum Gasteiger partial charge on any atom is 0.144 e. The van der Waals surface area contributed by atoms with Gasteiger partial charge in [0.15, 0.2) is 0 Å². The van der Waals surface area contributed by atoms with Crippen molar-refractivity contribution in [1.82, 2.24) is 9.97 Å². The average molecular weight is 247 g/mol. The molecule has 5 heteroatoms. The van der Waals surface area contributed by atoms with Crippen molar-refractivity contribution in [2.45, 2.75) is 6.42 Å². The van der Waals surface area contributed by atoms with E-state index in [2.05, 4.69) is 15.3 Å². The van der Waals surface area contributed by atoms with Gasteiger partial charge in [0.1, 0.15) is 11.9 Å². The quantitative estimate of drug-likeness (QED) is 0.872. The highest BCUT2D eigenvalue weighted by Gasteiger charge is 2.02. The SMILES string of the molecule is N#Cc1cnc(NCCc2ccc[nH]2)c(Cl)c1. The van der Waals surface area contributed by atoms with E-state index in [0.29, 0.717) is 16.4 Å². The van der Waals surface area contributed by atoms with Crippen molar-refractivity contribution in [2.24, 2.45) is 0 Å². The standard InChI is InChI=1S/C12H11ClN4/c13-11-6-9(7-14)8-17-12(11)16-5-3-10-2-1-4-15-10/h1-2,4,6,8,15H,3,5H2,(H,16,17). The number of halogens is 1. The summed E-state index contributed by atoms with van der Waals surface area (Å²) in [6.45, 7) is 0.735. The monoisotopic (exact) mass is 246 g/mol. The molecule has 2 heterocycles. The summed E-state index contributed by atoms with van der Waals surface area (Å²) >= 11 is 5.98. The van der Waals surface area contributed by atoms with Gasteiger partial charge in [-0.1, -0.05) is 11.6 Å². The Morgan fingerprint density at radius 2 is 2.41 bits per heavy atom. The Hall–Kier alpha value is -1.99. The van der Waals surface area contributed by atoms with Gasteiger partial charge >= 0.3 is 0 Å². The van der Waals surface area contributed by atoms with Crippen molar-refractivity contribution in [3.05, 3.63) is 46.9 Å². The first kappa shape index (κ1) is 11.5. The highest BCUT2D eigenvalue weighted by atomic mass is 35.5. The number of H-pyrrole nitrogens is 1. The fraction of sp³-hybridized carbons (Fsp3) is 0.167. The molecule has 0 aromatic carbocycles. The van der Waals surface area contributed by atoms with Crippen LogP contribution >= 0.6 is 11.6 Å². The van der Waals surface area contributed by atoms with E-state index in [-0.39, 0.29) is 0 Å². The van der Waals surface area contributed by atoms with Crippen molar-refractivity contribution in [1.29, 1.82) is 5.26 Å². The first-order valence-corrected chi connectivity index (χ1v) is 5.59. The fourth-order valence-corrected chi connectivity index (χ4v) is 1.70. The van der Waals surface area contributed by atoms with E-state index in [9.17, 15) is 0 Å². The highest BCUT2D eigenvalue weighted by molar-refractivity contribution is 6.33. The molecule has 0 unspecified atom stereocenters. The van der Waals surface area contributed by atoms with Crippen molar-refractivity contribution in [3.8, 4) is 6.07 Å². The van der Waals surface area contributed by atoms with Crippen LogP contribution in [0.5, 0.6) is 0 Å². The zero-order chi connectivity index (χ0) is 12.1. The summed E-state index contributed by atoms with van der Waals surface area (Å²) in [5.41, 5.74) is 1.62. The number of nitrogens with one attached hydrogen (secondary N) is 2. The van der Waals surface area contributed by atoms with Crippen LogP contribution in [0.1, 0.15) is 11.3 Å². The number of aromatic amines is 1. The second kappa shape index (κ2) is 5.37. The molecule has 0 aliphatic heterocycles. The van der Waals surface area contributed by atoms with Crippen LogP contribution in [0.4, 0.5) is 5.82 Å². The van der Waals surface area contributed by atoms with Crippen LogP contribution in [0.25, 0.3) is 0 Å². The molecule has 17 heavy (non-hydrogen) atoms. The number of pyridine rings is 1. The molecular weight excluding hydrogens is 236 g/mol. The van der Waals surface area contributed by atoms with Crippen LogP contribution < -0.4 is 5.32 Å². The van der Waals surface area contributed by atoms with Gasteiger partial charge in [0.25, 0.3) is 0 Å². The normalized spacial score (nSPS) is 9.88. The van der Waals surface area contributed by atoms with Crippen LogP contribution in [0.15, 0.2) is 30.6 Å². The fourth-order valence-electron chi connectivity index (χ4n) is 1.47. The minimum Gasteiger partial charge on any atom is -0.368 e. The molecule has 0 saturated heterocycles. The molecule has 0 aliphatic rings. The predicted molar refractivity (Wildman–Crippen MR) is 66.9 cm³/mol. The van der Waals surface area contributed by atoms with Gasteiger partial charge in [-0.3, -0.25) is 0 Å². The first-order chi connectivity index (χ1) is 8.29. The van der Waals surface area contributed by atoms with E-state index in [4.69, 9.17) is 16.9 Å². The Labute approximate surface area is 104 Å². The molecule has 0 atom stereocenters. The molecular formula is C12H11ClN4. The molecule has 0 spiro atoms. The van der Waals surface area contributed by atoms with E-state index in [0.717, 1.165) is 18.7 Å². The molecule has 0 fully saturated rings. The zero-order valence-corrected chi connectivity index (χ0v) is 9.83. The maximum atomic E-state index is 8.68. The van der Waals surface area contributed by atoms with E-state index >= 15 is 0 Å². The molecule has 4 nitrogen and oxygen atoms in total. The Bertz CT molecular complexity index is 528.